The van der Waals surface area contributed by atoms with Gasteiger partial charge in [0.2, 0.25) is 0 Å². The van der Waals surface area contributed by atoms with Gasteiger partial charge in [-0.15, -0.1) is 0 Å². The number of allylic oxidation sites excluding steroid dienone is 3. The monoisotopic (exact) mass is 253 g/mol. The van der Waals surface area contributed by atoms with E-state index < -0.39 is 5.83 Å². The molecule has 0 fully saturated rings. The van der Waals surface area contributed by atoms with Crippen LogP contribution in [0, 0.1) is 5.41 Å². The lowest BCUT2D eigenvalue weighted by atomic mass is 10.2. The number of nitrogens with one attached hydrogen (secondary N) is 1. The average molecular weight is 253 g/mol. The molecule has 0 heterocycles. The van der Waals surface area contributed by atoms with E-state index in [0.717, 1.165) is 0 Å². The summed E-state index contributed by atoms with van der Waals surface area (Å²) in [7, 11) is 0. The summed E-state index contributed by atoms with van der Waals surface area (Å²) in [5.41, 5.74) is 0.649. The molecule has 0 amide bonds. The molecule has 0 aromatic carbocycles. The number of halogens is 2. The molecular formula is C7H9FIN. The van der Waals surface area contributed by atoms with E-state index in [1.165, 1.54) is 6.08 Å². The van der Waals surface area contributed by atoms with Crippen LogP contribution in [-0.2, 0) is 0 Å². The van der Waals surface area contributed by atoms with Gasteiger partial charge in [-0.3, -0.25) is 0 Å². The minimum Gasteiger partial charge on any atom is -0.301 e. The Bertz CT molecular complexity index is 184. The van der Waals surface area contributed by atoms with E-state index in [4.69, 9.17) is 5.41 Å². The van der Waals surface area contributed by atoms with Gasteiger partial charge in [0, 0.05) is 4.43 Å². The van der Waals surface area contributed by atoms with Gasteiger partial charge in [0.25, 0.3) is 0 Å². The van der Waals surface area contributed by atoms with Crippen molar-refractivity contribution < 1.29 is 4.39 Å². The van der Waals surface area contributed by atoms with Gasteiger partial charge in [-0.05, 0) is 13.0 Å². The van der Waals surface area contributed by atoms with Crippen LogP contribution < -0.4 is 0 Å². The van der Waals surface area contributed by atoms with Gasteiger partial charge in [0.05, 0.1) is 5.71 Å². The summed E-state index contributed by atoms with van der Waals surface area (Å²) < 4.78 is 13.0. The van der Waals surface area contributed by atoms with Crippen molar-refractivity contribution in [2.75, 3.05) is 4.43 Å². The molecule has 0 saturated heterocycles. The maximum atomic E-state index is 12.6. The third kappa shape index (κ3) is 3.76. The molecule has 1 N–H and O–H groups in total. The Kier molecular flexibility index (Phi) is 4.51. The van der Waals surface area contributed by atoms with E-state index in [-0.39, 0.29) is 5.71 Å². The summed E-state index contributed by atoms with van der Waals surface area (Å²) in [4.78, 5) is 0. The van der Waals surface area contributed by atoms with Gasteiger partial charge in [-0.2, -0.15) is 0 Å². The number of hydrogen-bond donors (Lipinski definition) is 1. The predicted octanol–water partition coefficient (Wildman–Crippen LogP) is 2.87. The second-order valence-electron chi connectivity index (χ2n) is 1.95. The maximum absolute atomic E-state index is 12.6. The Morgan fingerprint density at radius 3 is 2.60 bits per heavy atom. The number of hydrogen-bond acceptors (Lipinski definition) is 1. The maximum Gasteiger partial charge on any atom is 0.144 e. The fourth-order valence-corrected chi connectivity index (χ4v) is 0.732. The molecule has 0 aliphatic carbocycles. The highest BCUT2D eigenvalue weighted by molar-refractivity contribution is 14.1. The highest BCUT2D eigenvalue weighted by atomic mass is 127. The molecule has 0 rings (SSSR count). The van der Waals surface area contributed by atoms with Crippen molar-refractivity contribution in [1.82, 2.24) is 0 Å². The zero-order chi connectivity index (χ0) is 8.15. The van der Waals surface area contributed by atoms with Gasteiger partial charge in [0.15, 0.2) is 0 Å². The van der Waals surface area contributed by atoms with E-state index in [9.17, 15) is 4.39 Å². The van der Waals surface area contributed by atoms with Gasteiger partial charge >= 0.3 is 0 Å². The lowest BCUT2D eigenvalue weighted by Gasteiger charge is -1.93. The van der Waals surface area contributed by atoms with Crippen molar-refractivity contribution in [3.63, 3.8) is 0 Å². The van der Waals surface area contributed by atoms with Crippen LogP contribution in [0.1, 0.15) is 6.92 Å². The van der Waals surface area contributed by atoms with Crippen LogP contribution in [-0.4, -0.2) is 10.1 Å². The summed E-state index contributed by atoms with van der Waals surface area (Å²) >= 11 is 1.94. The zero-order valence-corrected chi connectivity index (χ0v) is 7.90. The van der Waals surface area contributed by atoms with Crippen LogP contribution in [0.5, 0.6) is 0 Å². The minimum absolute atomic E-state index is 0.0172. The largest absolute Gasteiger partial charge is 0.301 e. The average Bonchev–Trinajstić information content (AvgIpc) is 1.85. The molecule has 3 heteroatoms. The second kappa shape index (κ2) is 4.60. The summed E-state index contributed by atoms with van der Waals surface area (Å²) in [5.74, 6) is -0.484. The van der Waals surface area contributed by atoms with Crippen molar-refractivity contribution >= 4 is 28.3 Å². The number of rotatable bonds is 3. The summed E-state index contributed by atoms with van der Waals surface area (Å²) in [6.45, 7) is 5.19. The molecule has 0 aromatic heterocycles. The Morgan fingerprint density at radius 1 is 1.80 bits per heavy atom. The topological polar surface area (TPSA) is 23.9 Å². The molecule has 0 radical (unpaired) electrons. The first-order valence-electron chi connectivity index (χ1n) is 2.74. The molecule has 56 valence electrons. The van der Waals surface area contributed by atoms with E-state index in [1.54, 1.807) is 6.92 Å². The Labute approximate surface area is 73.7 Å². The van der Waals surface area contributed by atoms with Crippen molar-refractivity contribution in [1.29, 1.82) is 5.41 Å². The first-order chi connectivity index (χ1) is 4.57. The van der Waals surface area contributed by atoms with E-state index in [0.29, 0.717) is 10.0 Å². The quantitative estimate of drug-likeness (QED) is 0.346. The van der Waals surface area contributed by atoms with Crippen molar-refractivity contribution in [2.45, 2.75) is 6.92 Å². The van der Waals surface area contributed by atoms with E-state index in [2.05, 4.69) is 6.58 Å². The molecule has 0 aliphatic rings. The fraction of sp³-hybridized carbons (Fsp3) is 0.286. The smallest absolute Gasteiger partial charge is 0.144 e. The molecule has 0 bridgehead atoms. The molecule has 0 spiro atoms. The molecule has 0 atom stereocenters. The molecule has 0 aliphatic heterocycles. The van der Waals surface area contributed by atoms with Gasteiger partial charge < -0.3 is 5.41 Å². The lowest BCUT2D eigenvalue weighted by molar-refractivity contribution is 0.678. The molecule has 0 aromatic rings. The first-order valence-corrected chi connectivity index (χ1v) is 4.27. The predicted molar refractivity (Wildman–Crippen MR) is 50.6 cm³/mol. The van der Waals surface area contributed by atoms with E-state index >= 15 is 0 Å². The summed E-state index contributed by atoms with van der Waals surface area (Å²) in [6, 6.07) is 0. The van der Waals surface area contributed by atoms with Crippen LogP contribution in [0.25, 0.3) is 0 Å². The van der Waals surface area contributed by atoms with Crippen molar-refractivity contribution in [2.24, 2.45) is 0 Å². The van der Waals surface area contributed by atoms with Gasteiger partial charge in [-0.25, -0.2) is 4.39 Å². The molecule has 0 saturated carbocycles. The van der Waals surface area contributed by atoms with Crippen molar-refractivity contribution in [3.8, 4) is 0 Å². The molecular weight excluding hydrogens is 244 g/mol. The standard InChI is InChI=1S/C7H9FIN/c1-5(2)3-6(8)7(10)4-9/h3,10H,1,4H2,2H3/b6-3+,10-7?. The van der Waals surface area contributed by atoms with Crippen LogP contribution in [0.2, 0.25) is 0 Å². The first kappa shape index (κ1) is 9.81. The third-order valence-electron chi connectivity index (χ3n) is 0.795. The zero-order valence-electron chi connectivity index (χ0n) is 5.75. The number of alkyl halides is 1. The van der Waals surface area contributed by atoms with Crippen LogP contribution in [0.15, 0.2) is 24.1 Å². The fourth-order valence-electron chi connectivity index (χ4n) is 0.367. The van der Waals surface area contributed by atoms with Crippen LogP contribution >= 0.6 is 22.6 Å². The Balaban J connectivity index is 4.19. The van der Waals surface area contributed by atoms with Crippen LogP contribution in [0.4, 0.5) is 4.39 Å². The van der Waals surface area contributed by atoms with Crippen molar-refractivity contribution in [3.05, 3.63) is 24.1 Å². The molecule has 0 unspecified atom stereocenters. The molecule has 10 heavy (non-hydrogen) atoms. The normalized spacial score (nSPS) is 11.3. The highest BCUT2D eigenvalue weighted by Crippen LogP contribution is 2.04. The van der Waals surface area contributed by atoms with Gasteiger partial charge in [0.1, 0.15) is 5.83 Å². The molecule has 1 nitrogen and oxygen atoms in total. The van der Waals surface area contributed by atoms with Crippen LogP contribution in [0.3, 0.4) is 0 Å². The highest BCUT2D eigenvalue weighted by Gasteiger charge is 1.99. The third-order valence-corrected chi connectivity index (χ3v) is 1.56. The Morgan fingerprint density at radius 2 is 2.30 bits per heavy atom. The summed E-state index contributed by atoms with van der Waals surface area (Å²) in [6.07, 6.45) is 1.26. The minimum atomic E-state index is -0.484. The summed E-state index contributed by atoms with van der Waals surface area (Å²) in [5, 5.41) is 7.04. The van der Waals surface area contributed by atoms with E-state index in [1.807, 2.05) is 22.6 Å². The van der Waals surface area contributed by atoms with Gasteiger partial charge in [-0.1, -0.05) is 34.7 Å². The Hall–Kier alpha value is -0.190. The lowest BCUT2D eigenvalue weighted by Crippen LogP contribution is -1.97. The second-order valence-corrected chi connectivity index (χ2v) is 2.71. The SMILES string of the molecule is C=C(C)/C=C(/F)C(=N)CI.